The number of hydrogen-bond acceptors (Lipinski definition) is 2. The molecule has 0 aliphatic heterocycles. The van der Waals surface area contributed by atoms with E-state index in [1.54, 1.807) is 0 Å². The van der Waals surface area contributed by atoms with Crippen LogP contribution in [-0.4, -0.2) is 22.4 Å². The molecule has 20 heavy (non-hydrogen) atoms. The fourth-order valence-electron chi connectivity index (χ4n) is 3.94. The summed E-state index contributed by atoms with van der Waals surface area (Å²) >= 11 is 0. The minimum Gasteiger partial charge on any atom is -0.389 e. The van der Waals surface area contributed by atoms with Crippen molar-refractivity contribution in [2.75, 3.05) is 0 Å². The summed E-state index contributed by atoms with van der Waals surface area (Å²) in [5.74, 6) is -0.194. The van der Waals surface area contributed by atoms with E-state index in [0.717, 1.165) is 0 Å². The molecule has 2 nitrogen and oxygen atoms in total. The van der Waals surface area contributed by atoms with E-state index in [1.807, 2.05) is 12.1 Å². The van der Waals surface area contributed by atoms with Gasteiger partial charge < -0.3 is 10.2 Å². The summed E-state index contributed by atoms with van der Waals surface area (Å²) < 4.78 is 0. The molecule has 3 aliphatic carbocycles. The molecule has 2 heteroatoms. The molecular weight excluding hydrogens is 248 g/mol. The zero-order valence-corrected chi connectivity index (χ0v) is 11.7. The molecule has 4 unspecified atom stereocenters. The van der Waals surface area contributed by atoms with Crippen LogP contribution in [0.4, 0.5) is 0 Å². The van der Waals surface area contributed by atoms with Gasteiger partial charge in [-0.25, -0.2) is 0 Å². The number of aliphatic hydroxyl groups excluding tert-OH is 2. The number of hydrogen-bond donors (Lipinski definition) is 2. The van der Waals surface area contributed by atoms with Crippen molar-refractivity contribution >= 4 is 0 Å². The minimum atomic E-state index is -0.704. The molecule has 0 saturated heterocycles. The Morgan fingerprint density at radius 2 is 1.10 bits per heavy atom. The Morgan fingerprint density at radius 1 is 0.700 bits per heavy atom. The van der Waals surface area contributed by atoms with Gasteiger partial charge in [0, 0.05) is 11.8 Å². The molecule has 0 fully saturated rings. The van der Waals surface area contributed by atoms with Crippen LogP contribution in [0, 0.1) is 13.8 Å². The first-order valence-corrected chi connectivity index (χ1v) is 7.15. The van der Waals surface area contributed by atoms with Crippen molar-refractivity contribution in [1.29, 1.82) is 0 Å². The van der Waals surface area contributed by atoms with Crippen LogP contribution < -0.4 is 0 Å². The quantitative estimate of drug-likeness (QED) is 0.769. The van der Waals surface area contributed by atoms with E-state index in [1.165, 1.54) is 33.4 Å². The second kappa shape index (κ2) is 3.94. The molecule has 4 atom stereocenters. The van der Waals surface area contributed by atoms with Crippen LogP contribution in [0.1, 0.15) is 45.2 Å². The maximum Gasteiger partial charge on any atom is 0.0917 e. The molecule has 0 spiro atoms. The summed E-state index contributed by atoms with van der Waals surface area (Å²) in [6.07, 6.45) is -1.41. The van der Waals surface area contributed by atoms with Crippen LogP contribution >= 0.6 is 0 Å². The van der Waals surface area contributed by atoms with Gasteiger partial charge in [-0.3, -0.25) is 0 Å². The SMILES string of the molecule is Cc1cc2c(cc1C)C1c3ccccc3C2C(O)C1O. The number of aliphatic hydroxyl groups is 2. The molecule has 3 aliphatic rings. The molecule has 2 N–H and O–H groups in total. The van der Waals surface area contributed by atoms with E-state index in [4.69, 9.17) is 0 Å². The summed E-state index contributed by atoms with van der Waals surface area (Å²) in [6.45, 7) is 4.21. The molecule has 0 amide bonds. The molecular formula is C18H18O2. The first kappa shape index (κ1) is 12.1. The maximum atomic E-state index is 10.5. The van der Waals surface area contributed by atoms with Crippen LogP contribution in [0.2, 0.25) is 0 Å². The summed E-state index contributed by atoms with van der Waals surface area (Å²) in [5, 5.41) is 20.9. The number of aryl methyl sites for hydroxylation is 2. The van der Waals surface area contributed by atoms with E-state index < -0.39 is 12.2 Å². The van der Waals surface area contributed by atoms with Crippen molar-refractivity contribution in [2.45, 2.75) is 37.9 Å². The van der Waals surface area contributed by atoms with E-state index in [-0.39, 0.29) is 11.8 Å². The normalized spacial score (nSPS) is 30.0. The van der Waals surface area contributed by atoms with Gasteiger partial charge in [0.25, 0.3) is 0 Å². The monoisotopic (exact) mass is 266 g/mol. The van der Waals surface area contributed by atoms with Crippen molar-refractivity contribution in [3.63, 3.8) is 0 Å². The summed E-state index contributed by atoms with van der Waals surface area (Å²) in [4.78, 5) is 0. The second-order valence-corrected chi connectivity index (χ2v) is 6.13. The summed E-state index contributed by atoms with van der Waals surface area (Å²) in [6, 6.07) is 12.6. The van der Waals surface area contributed by atoms with Crippen molar-refractivity contribution < 1.29 is 10.2 Å². The average molecular weight is 266 g/mol. The first-order valence-electron chi connectivity index (χ1n) is 7.15. The lowest BCUT2D eigenvalue weighted by atomic mass is 9.60. The standard InChI is InChI=1S/C18H18O2/c1-9-7-13-14(8-10(9)2)16-12-6-4-3-5-11(12)15(13)17(19)18(16)20/h3-8,15-20H,1-2H3. The molecule has 102 valence electrons. The Hall–Kier alpha value is -1.64. The number of fused-ring (bicyclic) bond motifs is 1. The van der Waals surface area contributed by atoms with Crippen LogP contribution in [0.25, 0.3) is 0 Å². The number of rotatable bonds is 0. The van der Waals surface area contributed by atoms with E-state index >= 15 is 0 Å². The van der Waals surface area contributed by atoms with Gasteiger partial charge >= 0.3 is 0 Å². The summed E-state index contributed by atoms with van der Waals surface area (Å²) in [7, 11) is 0. The highest BCUT2D eigenvalue weighted by Crippen LogP contribution is 2.53. The van der Waals surface area contributed by atoms with E-state index in [9.17, 15) is 10.2 Å². The highest BCUT2D eigenvalue weighted by Gasteiger charge is 2.48. The fourth-order valence-corrected chi connectivity index (χ4v) is 3.94. The molecule has 0 saturated carbocycles. The van der Waals surface area contributed by atoms with Gasteiger partial charge in [-0.2, -0.15) is 0 Å². The predicted octanol–water partition coefficient (Wildman–Crippen LogP) is 2.62. The number of benzene rings is 2. The third-order valence-corrected chi connectivity index (χ3v) is 5.07. The minimum absolute atomic E-state index is 0.0968. The highest BCUT2D eigenvalue weighted by molar-refractivity contribution is 5.59. The van der Waals surface area contributed by atoms with E-state index in [0.29, 0.717) is 0 Å². The lowest BCUT2D eigenvalue weighted by Gasteiger charge is -2.47. The topological polar surface area (TPSA) is 40.5 Å². The molecule has 0 radical (unpaired) electrons. The summed E-state index contributed by atoms with van der Waals surface area (Å²) in [5.41, 5.74) is 7.22. The Balaban J connectivity index is 2.05. The van der Waals surface area contributed by atoms with Gasteiger partial charge in [-0.05, 0) is 47.2 Å². The van der Waals surface area contributed by atoms with Crippen molar-refractivity contribution in [3.05, 3.63) is 69.8 Å². The predicted molar refractivity (Wildman–Crippen MR) is 78.1 cm³/mol. The molecule has 2 bridgehead atoms. The molecule has 2 aromatic carbocycles. The van der Waals surface area contributed by atoms with Gasteiger partial charge in [0.05, 0.1) is 12.2 Å². The van der Waals surface area contributed by atoms with Crippen LogP contribution in [0.3, 0.4) is 0 Å². The van der Waals surface area contributed by atoms with Crippen molar-refractivity contribution in [1.82, 2.24) is 0 Å². The lowest BCUT2D eigenvalue weighted by molar-refractivity contribution is -0.0154. The lowest BCUT2D eigenvalue weighted by Crippen LogP contribution is -2.47. The van der Waals surface area contributed by atoms with Crippen LogP contribution in [0.5, 0.6) is 0 Å². The smallest absolute Gasteiger partial charge is 0.0917 e. The first-order chi connectivity index (χ1) is 9.59. The fraction of sp³-hybridized carbons (Fsp3) is 0.333. The van der Waals surface area contributed by atoms with Gasteiger partial charge in [0.2, 0.25) is 0 Å². The second-order valence-electron chi connectivity index (χ2n) is 6.13. The third kappa shape index (κ3) is 1.36. The Bertz CT molecular complexity index is 645. The van der Waals surface area contributed by atoms with Crippen molar-refractivity contribution in [2.24, 2.45) is 0 Å². The van der Waals surface area contributed by atoms with E-state index in [2.05, 4.69) is 38.1 Å². The average Bonchev–Trinajstić information content (AvgIpc) is 2.44. The zero-order valence-electron chi connectivity index (χ0n) is 11.7. The Labute approximate surface area is 118 Å². The molecule has 5 rings (SSSR count). The van der Waals surface area contributed by atoms with Crippen molar-refractivity contribution in [3.8, 4) is 0 Å². The largest absolute Gasteiger partial charge is 0.389 e. The maximum absolute atomic E-state index is 10.5. The molecule has 2 aromatic rings. The van der Waals surface area contributed by atoms with Gasteiger partial charge in [-0.15, -0.1) is 0 Å². The van der Waals surface area contributed by atoms with Gasteiger partial charge in [0.1, 0.15) is 0 Å². The molecule has 0 heterocycles. The Morgan fingerprint density at radius 3 is 1.50 bits per heavy atom. The van der Waals surface area contributed by atoms with Crippen LogP contribution in [0.15, 0.2) is 36.4 Å². The Kier molecular flexibility index (Phi) is 2.39. The zero-order chi connectivity index (χ0) is 14.0. The highest BCUT2D eigenvalue weighted by atomic mass is 16.3. The van der Waals surface area contributed by atoms with Crippen LogP contribution in [-0.2, 0) is 0 Å². The third-order valence-electron chi connectivity index (χ3n) is 5.07. The molecule has 0 aromatic heterocycles. The van der Waals surface area contributed by atoms with Gasteiger partial charge in [-0.1, -0.05) is 36.4 Å². The van der Waals surface area contributed by atoms with Gasteiger partial charge in [0.15, 0.2) is 0 Å².